The first-order valence-corrected chi connectivity index (χ1v) is 7.07. The number of halogens is 1. The van der Waals surface area contributed by atoms with E-state index in [1.807, 2.05) is 12.4 Å². The molecule has 2 heterocycles. The van der Waals surface area contributed by atoms with Crippen LogP contribution in [-0.2, 0) is 5.33 Å². The summed E-state index contributed by atoms with van der Waals surface area (Å²) in [5.74, 6) is 0.849. The van der Waals surface area contributed by atoms with Crippen LogP contribution in [0.5, 0.6) is 0 Å². The molecule has 4 nitrogen and oxygen atoms in total. The van der Waals surface area contributed by atoms with E-state index in [1.165, 1.54) is 0 Å². The summed E-state index contributed by atoms with van der Waals surface area (Å²) in [5.41, 5.74) is 1.11. The van der Waals surface area contributed by atoms with Crippen LogP contribution in [0.15, 0.2) is 12.4 Å². The van der Waals surface area contributed by atoms with Gasteiger partial charge in [0.25, 0.3) is 0 Å². The van der Waals surface area contributed by atoms with Crippen LogP contribution in [0.3, 0.4) is 0 Å². The van der Waals surface area contributed by atoms with Gasteiger partial charge in [-0.2, -0.15) is 0 Å². The highest BCUT2D eigenvalue weighted by Crippen LogP contribution is 2.18. The Morgan fingerprint density at radius 1 is 1.24 bits per heavy atom. The molecule has 2 atom stereocenters. The molecular formula is C12H19BrN4. The number of aromatic nitrogens is 2. The van der Waals surface area contributed by atoms with Crippen LogP contribution >= 0.6 is 15.9 Å². The van der Waals surface area contributed by atoms with E-state index in [2.05, 4.69) is 56.6 Å². The monoisotopic (exact) mass is 298 g/mol. The minimum Gasteiger partial charge on any atom is -0.338 e. The molecular weight excluding hydrogens is 280 g/mol. The molecule has 0 spiro atoms. The van der Waals surface area contributed by atoms with Crippen molar-refractivity contribution >= 4 is 21.9 Å². The number of rotatable bonds is 2. The highest BCUT2D eigenvalue weighted by atomic mass is 79.9. The number of hydrogen-bond donors (Lipinski definition) is 0. The fourth-order valence-corrected chi connectivity index (χ4v) is 2.44. The summed E-state index contributed by atoms with van der Waals surface area (Å²) < 4.78 is 0. The van der Waals surface area contributed by atoms with Gasteiger partial charge in [-0.25, -0.2) is 9.97 Å². The lowest BCUT2D eigenvalue weighted by Gasteiger charge is -2.42. The van der Waals surface area contributed by atoms with Crippen LogP contribution in [0, 0.1) is 0 Å². The lowest BCUT2D eigenvalue weighted by atomic mass is 10.1. The van der Waals surface area contributed by atoms with Crippen molar-refractivity contribution in [1.29, 1.82) is 0 Å². The van der Waals surface area contributed by atoms with E-state index in [0.717, 1.165) is 29.9 Å². The van der Waals surface area contributed by atoms with Crippen LogP contribution in [0.4, 0.5) is 5.95 Å². The molecule has 17 heavy (non-hydrogen) atoms. The maximum Gasteiger partial charge on any atom is 0.225 e. The quantitative estimate of drug-likeness (QED) is 0.781. The Balaban J connectivity index is 2.11. The second-order valence-electron chi connectivity index (χ2n) is 4.79. The van der Waals surface area contributed by atoms with Crippen molar-refractivity contribution in [3.8, 4) is 0 Å². The van der Waals surface area contributed by atoms with Crippen LogP contribution in [0.1, 0.15) is 19.4 Å². The van der Waals surface area contributed by atoms with E-state index >= 15 is 0 Å². The Morgan fingerprint density at radius 3 is 2.24 bits per heavy atom. The molecule has 1 aromatic heterocycles. The maximum atomic E-state index is 4.43. The normalized spacial score (nSPS) is 26.2. The molecule has 2 unspecified atom stereocenters. The van der Waals surface area contributed by atoms with Crippen LogP contribution in [0.25, 0.3) is 0 Å². The van der Waals surface area contributed by atoms with E-state index < -0.39 is 0 Å². The average Bonchev–Trinajstić information content (AvgIpc) is 2.35. The van der Waals surface area contributed by atoms with Crippen LogP contribution in [-0.4, -0.2) is 47.1 Å². The third-order valence-electron chi connectivity index (χ3n) is 3.49. The van der Waals surface area contributed by atoms with Gasteiger partial charge in [0.1, 0.15) is 0 Å². The fraction of sp³-hybridized carbons (Fsp3) is 0.667. The highest BCUT2D eigenvalue weighted by Gasteiger charge is 2.27. The van der Waals surface area contributed by atoms with Crippen LogP contribution in [0.2, 0.25) is 0 Å². The molecule has 1 aliphatic heterocycles. The number of piperazine rings is 1. The molecule has 2 rings (SSSR count). The van der Waals surface area contributed by atoms with Gasteiger partial charge in [0.15, 0.2) is 0 Å². The molecule has 1 fully saturated rings. The van der Waals surface area contributed by atoms with E-state index in [0.29, 0.717) is 12.1 Å². The smallest absolute Gasteiger partial charge is 0.225 e. The Bertz CT molecular complexity index is 355. The molecule has 0 N–H and O–H groups in total. The summed E-state index contributed by atoms with van der Waals surface area (Å²) in [6.07, 6.45) is 3.79. The predicted molar refractivity (Wildman–Crippen MR) is 73.6 cm³/mol. The minimum atomic E-state index is 0.540. The van der Waals surface area contributed by atoms with Gasteiger partial charge in [-0.3, -0.25) is 4.90 Å². The van der Waals surface area contributed by atoms with Crippen molar-refractivity contribution in [1.82, 2.24) is 14.9 Å². The van der Waals surface area contributed by atoms with Crippen molar-refractivity contribution in [2.24, 2.45) is 0 Å². The molecule has 0 aliphatic carbocycles. The Hall–Kier alpha value is -0.680. The summed E-state index contributed by atoms with van der Waals surface area (Å²) in [5, 5.41) is 0.808. The zero-order chi connectivity index (χ0) is 12.4. The summed E-state index contributed by atoms with van der Waals surface area (Å²) in [6, 6.07) is 1.08. The van der Waals surface area contributed by atoms with Gasteiger partial charge < -0.3 is 4.90 Å². The summed E-state index contributed by atoms with van der Waals surface area (Å²) in [7, 11) is 2.18. The van der Waals surface area contributed by atoms with E-state index in [9.17, 15) is 0 Å². The first-order chi connectivity index (χ1) is 8.11. The first kappa shape index (κ1) is 12.8. The number of likely N-dealkylation sites (N-methyl/N-ethyl adjacent to an activating group) is 1. The van der Waals surface area contributed by atoms with E-state index in [1.54, 1.807) is 0 Å². The first-order valence-electron chi connectivity index (χ1n) is 5.95. The second kappa shape index (κ2) is 5.31. The van der Waals surface area contributed by atoms with Gasteiger partial charge in [-0.05, 0) is 26.5 Å². The second-order valence-corrected chi connectivity index (χ2v) is 5.35. The lowest BCUT2D eigenvalue weighted by Crippen LogP contribution is -2.55. The van der Waals surface area contributed by atoms with Crippen LogP contribution < -0.4 is 4.90 Å². The largest absolute Gasteiger partial charge is 0.338 e. The zero-order valence-corrected chi connectivity index (χ0v) is 12.2. The molecule has 0 aromatic carbocycles. The molecule has 1 saturated heterocycles. The summed E-state index contributed by atoms with van der Waals surface area (Å²) >= 11 is 3.40. The molecule has 5 heteroatoms. The van der Waals surface area contributed by atoms with Crippen molar-refractivity contribution < 1.29 is 0 Å². The van der Waals surface area contributed by atoms with Crippen molar-refractivity contribution in [3.05, 3.63) is 18.0 Å². The Labute approximate surface area is 111 Å². The van der Waals surface area contributed by atoms with Gasteiger partial charge in [-0.1, -0.05) is 15.9 Å². The van der Waals surface area contributed by atoms with Crippen molar-refractivity contribution in [3.63, 3.8) is 0 Å². The highest BCUT2D eigenvalue weighted by molar-refractivity contribution is 9.08. The fourth-order valence-electron chi connectivity index (χ4n) is 2.15. The third kappa shape index (κ3) is 2.77. The van der Waals surface area contributed by atoms with Crippen molar-refractivity contribution in [2.45, 2.75) is 31.3 Å². The van der Waals surface area contributed by atoms with E-state index in [4.69, 9.17) is 0 Å². The molecule has 94 valence electrons. The van der Waals surface area contributed by atoms with Gasteiger partial charge in [0, 0.05) is 42.9 Å². The van der Waals surface area contributed by atoms with Crippen molar-refractivity contribution in [2.75, 3.05) is 25.0 Å². The Kier molecular flexibility index (Phi) is 3.99. The lowest BCUT2D eigenvalue weighted by molar-refractivity contribution is 0.169. The molecule has 0 bridgehead atoms. The van der Waals surface area contributed by atoms with Gasteiger partial charge in [-0.15, -0.1) is 0 Å². The van der Waals surface area contributed by atoms with E-state index in [-0.39, 0.29) is 0 Å². The topological polar surface area (TPSA) is 32.3 Å². The molecule has 1 aromatic rings. The average molecular weight is 299 g/mol. The number of anilines is 1. The van der Waals surface area contributed by atoms with Gasteiger partial charge in [0.2, 0.25) is 5.95 Å². The molecule has 1 aliphatic rings. The number of hydrogen-bond acceptors (Lipinski definition) is 4. The molecule has 0 radical (unpaired) electrons. The summed E-state index contributed by atoms with van der Waals surface area (Å²) in [6.45, 7) is 6.48. The SMILES string of the molecule is CC1CN(c2ncc(CBr)cn2)CC(C)N1C. The summed E-state index contributed by atoms with van der Waals surface area (Å²) in [4.78, 5) is 13.5. The standard InChI is InChI=1S/C12H19BrN4/c1-9-7-17(8-10(2)16(9)3)12-14-5-11(4-13)6-15-12/h5-6,9-10H,4,7-8H2,1-3H3. The van der Waals surface area contributed by atoms with Gasteiger partial charge in [0.05, 0.1) is 0 Å². The Morgan fingerprint density at radius 2 is 1.76 bits per heavy atom. The molecule has 0 amide bonds. The molecule has 0 saturated carbocycles. The number of alkyl halides is 1. The predicted octanol–water partition coefficient (Wildman–Crippen LogP) is 1.90. The number of nitrogens with zero attached hydrogens (tertiary/aromatic N) is 4. The maximum absolute atomic E-state index is 4.43. The minimum absolute atomic E-state index is 0.540. The third-order valence-corrected chi connectivity index (χ3v) is 4.14. The zero-order valence-electron chi connectivity index (χ0n) is 10.6. The van der Waals surface area contributed by atoms with Gasteiger partial charge >= 0.3 is 0 Å².